The topological polar surface area (TPSA) is 23.5 Å². The van der Waals surface area contributed by atoms with Gasteiger partial charge in [-0.25, -0.2) is 0 Å². The van der Waals surface area contributed by atoms with E-state index in [1.807, 2.05) is 14.1 Å². The zero-order chi connectivity index (χ0) is 6.85. The van der Waals surface area contributed by atoms with Crippen LogP contribution in [0.15, 0.2) is 0 Å². The van der Waals surface area contributed by atoms with Crippen LogP contribution in [-0.2, 0) is 0 Å². The SMILES string of the molecule is CN(C)CC1CCC1O. The van der Waals surface area contributed by atoms with Crippen LogP contribution in [0.4, 0.5) is 0 Å². The monoisotopic (exact) mass is 129 g/mol. The van der Waals surface area contributed by atoms with Crippen molar-refractivity contribution in [1.82, 2.24) is 4.90 Å². The summed E-state index contributed by atoms with van der Waals surface area (Å²) in [5, 5.41) is 9.13. The first-order valence-corrected chi connectivity index (χ1v) is 3.53. The van der Waals surface area contributed by atoms with Crippen LogP contribution in [0.3, 0.4) is 0 Å². The van der Waals surface area contributed by atoms with E-state index in [4.69, 9.17) is 5.11 Å². The van der Waals surface area contributed by atoms with Crippen molar-refractivity contribution >= 4 is 0 Å². The van der Waals surface area contributed by atoms with Crippen molar-refractivity contribution in [3.05, 3.63) is 0 Å². The Labute approximate surface area is 56.5 Å². The third kappa shape index (κ3) is 1.66. The van der Waals surface area contributed by atoms with E-state index in [1.54, 1.807) is 0 Å². The van der Waals surface area contributed by atoms with Gasteiger partial charge in [-0.05, 0) is 32.9 Å². The number of hydrogen-bond acceptors (Lipinski definition) is 2. The molecule has 0 amide bonds. The molecule has 2 atom stereocenters. The molecule has 0 saturated heterocycles. The fourth-order valence-corrected chi connectivity index (χ4v) is 1.23. The lowest BCUT2D eigenvalue weighted by Crippen LogP contribution is -2.38. The van der Waals surface area contributed by atoms with Gasteiger partial charge in [0.15, 0.2) is 0 Å². The molecule has 0 aliphatic heterocycles. The zero-order valence-corrected chi connectivity index (χ0v) is 6.17. The van der Waals surface area contributed by atoms with Crippen LogP contribution in [0.2, 0.25) is 0 Å². The third-order valence-corrected chi connectivity index (χ3v) is 1.98. The summed E-state index contributed by atoms with van der Waals surface area (Å²) >= 11 is 0. The van der Waals surface area contributed by atoms with Crippen LogP contribution in [0, 0.1) is 5.92 Å². The van der Waals surface area contributed by atoms with Crippen molar-refractivity contribution in [1.29, 1.82) is 0 Å². The number of aliphatic hydroxyl groups is 1. The molecule has 2 heteroatoms. The molecule has 0 spiro atoms. The van der Waals surface area contributed by atoms with Gasteiger partial charge in [0.05, 0.1) is 6.10 Å². The summed E-state index contributed by atoms with van der Waals surface area (Å²) in [7, 11) is 4.09. The predicted molar refractivity (Wildman–Crippen MR) is 37.3 cm³/mol. The Kier molecular flexibility index (Phi) is 2.09. The highest BCUT2D eigenvalue weighted by molar-refractivity contribution is 4.81. The number of aliphatic hydroxyl groups excluding tert-OH is 1. The average molecular weight is 129 g/mol. The van der Waals surface area contributed by atoms with Crippen LogP contribution in [0.5, 0.6) is 0 Å². The van der Waals surface area contributed by atoms with E-state index >= 15 is 0 Å². The Morgan fingerprint density at radius 3 is 2.22 bits per heavy atom. The molecule has 2 nitrogen and oxygen atoms in total. The maximum Gasteiger partial charge on any atom is 0.0580 e. The summed E-state index contributed by atoms with van der Waals surface area (Å²) in [6.07, 6.45) is 2.21. The van der Waals surface area contributed by atoms with Gasteiger partial charge in [-0.3, -0.25) is 0 Å². The fourth-order valence-electron chi connectivity index (χ4n) is 1.23. The molecule has 1 N–H and O–H groups in total. The van der Waals surface area contributed by atoms with Gasteiger partial charge in [0.25, 0.3) is 0 Å². The summed E-state index contributed by atoms with van der Waals surface area (Å²) in [6.45, 7) is 1.04. The molecule has 0 aromatic heterocycles. The van der Waals surface area contributed by atoms with Gasteiger partial charge in [0.1, 0.15) is 0 Å². The van der Waals surface area contributed by atoms with E-state index in [-0.39, 0.29) is 6.10 Å². The van der Waals surface area contributed by atoms with Crippen LogP contribution < -0.4 is 0 Å². The Morgan fingerprint density at radius 2 is 2.11 bits per heavy atom. The Hall–Kier alpha value is -0.0800. The Balaban J connectivity index is 2.13. The molecule has 0 aromatic carbocycles. The minimum Gasteiger partial charge on any atom is -0.393 e. The minimum absolute atomic E-state index is 0.00704. The van der Waals surface area contributed by atoms with E-state index in [9.17, 15) is 0 Å². The number of hydrogen-bond donors (Lipinski definition) is 1. The quantitative estimate of drug-likeness (QED) is 0.580. The van der Waals surface area contributed by atoms with Crippen molar-refractivity contribution in [3.8, 4) is 0 Å². The van der Waals surface area contributed by atoms with Crippen molar-refractivity contribution in [2.45, 2.75) is 18.9 Å². The van der Waals surface area contributed by atoms with E-state index in [0.717, 1.165) is 13.0 Å². The molecule has 9 heavy (non-hydrogen) atoms. The van der Waals surface area contributed by atoms with E-state index in [0.29, 0.717) is 5.92 Å². The second kappa shape index (κ2) is 2.67. The molecular formula is C7H15NO. The van der Waals surface area contributed by atoms with Crippen LogP contribution in [0.25, 0.3) is 0 Å². The van der Waals surface area contributed by atoms with Crippen molar-refractivity contribution in [2.75, 3.05) is 20.6 Å². The second-order valence-electron chi connectivity index (χ2n) is 3.17. The molecule has 0 heterocycles. The molecule has 2 unspecified atom stereocenters. The lowest BCUT2D eigenvalue weighted by Gasteiger charge is -2.34. The fraction of sp³-hybridized carbons (Fsp3) is 1.00. The summed E-state index contributed by atoms with van der Waals surface area (Å²) in [5.74, 6) is 0.556. The lowest BCUT2D eigenvalue weighted by atomic mass is 9.82. The van der Waals surface area contributed by atoms with Crippen LogP contribution in [-0.4, -0.2) is 36.8 Å². The van der Waals surface area contributed by atoms with E-state index < -0.39 is 0 Å². The molecule has 54 valence electrons. The maximum absolute atomic E-state index is 9.13. The normalized spacial score (nSPS) is 34.7. The summed E-state index contributed by atoms with van der Waals surface area (Å²) in [5.41, 5.74) is 0. The number of nitrogens with zero attached hydrogens (tertiary/aromatic N) is 1. The highest BCUT2D eigenvalue weighted by atomic mass is 16.3. The van der Waals surface area contributed by atoms with Crippen LogP contribution >= 0.6 is 0 Å². The largest absolute Gasteiger partial charge is 0.393 e. The maximum atomic E-state index is 9.13. The summed E-state index contributed by atoms with van der Waals surface area (Å²) in [4.78, 5) is 2.13. The molecule has 1 aliphatic carbocycles. The van der Waals surface area contributed by atoms with Gasteiger partial charge in [0, 0.05) is 6.54 Å². The van der Waals surface area contributed by atoms with E-state index in [2.05, 4.69) is 4.90 Å². The highest BCUT2D eigenvalue weighted by Crippen LogP contribution is 2.27. The lowest BCUT2D eigenvalue weighted by molar-refractivity contribution is 0.0110. The second-order valence-corrected chi connectivity index (χ2v) is 3.17. The first-order valence-electron chi connectivity index (χ1n) is 3.53. The molecule has 0 aromatic rings. The zero-order valence-electron chi connectivity index (χ0n) is 6.17. The summed E-state index contributed by atoms with van der Waals surface area (Å²) < 4.78 is 0. The minimum atomic E-state index is -0.00704. The molecule has 1 fully saturated rings. The standard InChI is InChI=1S/C7H15NO/c1-8(2)5-6-3-4-7(6)9/h6-7,9H,3-5H2,1-2H3. The highest BCUT2D eigenvalue weighted by Gasteiger charge is 2.28. The molecular weight excluding hydrogens is 114 g/mol. The smallest absolute Gasteiger partial charge is 0.0580 e. The number of rotatable bonds is 2. The Morgan fingerprint density at radius 1 is 1.44 bits per heavy atom. The van der Waals surface area contributed by atoms with Crippen molar-refractivity contribution in [2.24, 2.45) is 5.92 Å². The molecule has 0 radical (unpaired) electrons. The average Bonchev–Trinajstić information content (AvgIpc) is 1.79. The van der Waals surface area contributed by atoms with Gasteiger partial charge in [-0.2, -0.15) is 0 Å². The molecule has 1 aliphatic rings. The van der Waals surface area contributed by atoms with E-state index in [1.165, 1.54) is 6.42 Å². The molecule has 1 rings (SSSR count). The first-order chi connectivity index (χ1) is 4.20. The van der Waals surface area contributed by atoms with Gasteiger partial charge < -0.3 is 10.0 Å². The molecule has 0 bridgehead atoms. The van der Waals surface area contributed by atoms with Gasteiger partial charge in [-0.15, -0.1) is 0 Å². The molecule has 1 saturated carbocycles. The van der Waals surface area contributed by atoms with Crippen molar-refractivity contribution in [3.63, 3.8) is 0 Å². The summed E-state index contributed by atoms with van der Waals surface area (Å²) in [6, 6.07) is 0. The predicted octanol–water partition coefficient (Wildman–Crippen LogP) is 0.319. The third-order valence-electron chi connectivity index (χ3n) is 1.98. The van der Waals surface area contributed by atoms with Gasteiger partial charge in [-0.1, -0.05) is 0 Å². The first kappa shape index (κ1) is 7.03. The van der Waals surface area contributed by atoms with Crippen LogP contribution in [0.1, 0.15) is 12.8 Å². The van der Waals surface area contributed by atoms with Gasteiger partial charge >= 0.3 is 0 Å². The van der Waals surface area contributed by atoms with Crippen molar-refractivity contribution < 1.29 is 5.11 Å². The van der Waals surface area contributed by atoms with Gasteiger partial charge in [0.2, 0.25) is 0 Å². The Bertz CT molecular complexity index is 92.9.